The Morgan fingerprint density at radius 1 is 1.24 bits per heavy atom. The van der Waals surface area contributed by atoms with Gasteiger partial charge in [0.05, 0.1) is 6.04 Å². The second-order valence-corrected chi connectivity index (χ2v) is 5.50. The van der Waals surface area contributed by atoms with Gasteiger partial charge in [-0.25, -0.2) is 0 Å². The van der Waals surface area contributed by atoms with Gasteiger partial charge >= 0.3 is 6.01 Å². The van der Waals surface area contributed by atoms with E-state index >= 15 is 0 Å². The molecule has 0 radical (unpaired) electrons. The molecule has 1 aliphatic carbocycles. The van der Waals surface area contributed by atoms with Gasteiger partial charge in [-0.3, -0.25) is 0 Å². The summed E-state index contributed by atoms with van der Waals surface area (Å²) in [6.07, 6.45) is 4.81. The van der Waals surface area contributed by atoms with Crippen molar-refractivity contribution in [3.63, 3.8) is 0 Å². The van der Waals surface area contributed by atoms with Crippen molar-refractivity contribution in [2.24, 2.45) is 0 Å². The van der Waals surface area contributed by atoms with Crippen LogP contribution in [0, 0.1) is 0 Å². The normalized spacial score (nSPS) is 15.5. The van der Waals surface area contributed by atoms with Crippen molar-refractivity contribution in [3.8, 4) is 0 Å². The summed E-state index contributed by atoms with van der Waals surface area (Å²) in [5.41, 5.74) is 3.92. The van der Waals surface area contributed by atoms with Gasteiger partial charge in [0.2, 0.25) is 5.89 Å². The van der Waals surface area contributed by atoms with Crippen LogP contribution in [0.5, 0.6) is 0 Å². The number of aromatic nitrogens is 2. The molecular formula is C16H22N4O. The van der Waals surface area contributed by atoms with Gasteiger partial charge in [-0.1, -0.05) is 24.2 Å². The highest BCUT2D eigenvalue weighted by molar-refractivity contribution is 5.60. The van der Waals surface area contributed by atoms with E-state index in [2.05, 4.69) is 46.0 Å². The zero-order chi connectivity index (χ0) is 14.7. The number of fused-ring (bicyclic) bond motifs is 1. The van der Waals surface area contributed by atoms with E-state index < -0.39 is 0 Å². The van der Waals surface area contributed by atoms with Gasteiger partial charge in [-0.05, 0) is 56.3 Å². The molecule has 1 aliphatic rings. The van der Waals surface area contributed by atoms with Crippen LogP contribution in [0.4, 0.5) is 11.7 Å². The molecule has 1 heterocycles. The van der Waals surface area contributed by atoms with Crippen molar-refractivity contribution >= 4 is 11.7 Å². The lowest BCUT2D eigenvalue weighted by atomic mass is 9.90. The second-order valence-electron chi connectivity index (χ2n) is 5.50. The molecule has 1 atom stereocenters. The zero-order valence-electron chi connectivity index (χ0n) is 12.6. The highest BCUT2D eigenvalue weighted by Gasteiger charge is 2.16. The summed E-state index contributed by atoms with van der Waals surface area (Å²) in [5.74, 6) is 0.615. The Morgan fingerprint density at radius 3 is 2.95 bits per heavy atom. The van der Waals surface area contributed by atoms with Crippen molar-refractivity contribution < 1.29 is 4.42 Å². The minimum absolute atomic E-state index is 0.0720. The third kappa shape index (κ3) is 3.08. The first-order valence-electron chi connectivity index (χ1n) is 7.72. The SMILES string of the molecule is CCNC(C)c1nnc(Nc2cccc3c2CCCC3)o1. The number of hydrogen-bond donors (Lipinski definition) is 2. The quantitative estimate of drug-likeness (QED) is 0.882. The molecular weight excluding hydrogens is 264 g/mol. The van der Waals surface area contributed by atoms with Crippen molar-refractivity contribution in [1.82, 2.24) is 15.5 Å². The van der Waals surface area contributed by atoms with E-state index in [4.69, 9.17) is 4.42 Å². The summed E-state index contributed by atoms with van der Waals surface area (Å²) < 4.78 is 5.70. The molecule has 2 N–H and O–H groups in total. The van der Waals surface area contributed by atoms with Gasteiger partial charge in [0.25, 0.3) is 0 Å². The van der Waals surface area contributed by atoms with E-state index in [0.717, 1.165) is 25.1 Å². The number of aryl methyl sites for hydroxylation is 1. The number of hydrogen-bond acceptors (Lipinski definition) is 5. The minimum Gasteiger partial charge on any atom is -0.406 e. The fourth-order valence-electron chi connectivity index (χ4n) is 2.87. The summed E-state index contributed by atoms with van der Waals surface area (Å²) in [6.45, 7) is 4.95. The van der Waals surface area contributed by atoms with Crippen LogP contribution in [-0.2, 0) is 12.8 Å². The van der Waals surface area contributed by atoms with Crippen LogP contribution in [0.15, 0.2) is 22.6 Å². The van der Waals surface area contributed by atoms with E-state index in [1.807, 2.05) is 6.92 Å². The predicted molar refractivity (Wildman–Crippen MR) is 82.8 cm³/mol. The lowest BCUT2D eigenvalue weighted by Gasteiger charge is -2.18. The number of nitrogens with zero attached hydrogens (tertiary/aromatic N) is 2. The summed E-state index contributed by atoms with van der Waals surface area (Å²) in [6, 6.07) is 6.93. The molecule has 0 bridgehead atoms. The molecule has 0 saturated carbocycles. The van der Waals surface area contributed by atoms with Crippen molar-refractivity contribution in [1.29, 1.82) is 0 Å². The zero-order valence-corrected chi connectivity index (χ0v) is 12.6. The lowest BCUT2D eigenvalue weighted by Crippen LogP contribution is -2.17. The molecule has 112 valence electrons. The molecule has 2 aromatic rings. The number of rotatable bonds is 5. The molecule has 1 aromatic heterocycles. The lowest BCUT2D eigenvalue weighted by molar-refractivity contribution is 0.430. The van der Waals surface area contributed by atoms with Gasteiger partial charge in [0, 0.05) is 5.69 Å². The molecule has 5 nitrogen and oxygen atoms in total. The van der Waals surface area contributed by atoms with E-state index in [-0.39, 0.29) is 6.04 Å². The summed E-state index contributed by atoms with van der Waals surface area (Å²) in [7, 11) is 0. The number of anilines is 2. The molecule has 3 rings (SSSR count). The molecule has 0 fully saturated rings. The molecule has 21 heavy (non-hydrogen) atoms. The molecule has 0 saturated heterocycles. The fraction of sp³-hybridized carbons (Fsp3) is 0.500. The first-order chi connectivity index (χ1) is 10.3. The van der Waals surface area contributed by atoms with Crippen LogP contribution in [0.2, 0.25) is 0 Å². The Bertz CT molecular complexity index is 608. The molecule has 0 amide bonds. The molecule has 5 heteroatoms. The maximum absolute atomic E-state index is 5.70. The predicted octanol–water partition coefficient (Wildman–Crippen LogP) is 3.36. The minimum atomic E-state index is 0.0720. The van der Waals surface area contributed by atoms with Gasteiger partial charge < -0.3 is 15.1 Å². The van der Waals surface area contributed by atoms with Crippen LogP contribution in [0.3, 0.4) is 0 Å². The van der Waals surface area contributed by atoms with Gasteiger partial charge in [0.15, 0.2) is 0 Å². The third-order valence-electron chi connectivity index (χ3n) is 3.96. The Hall–Kier alpha value is -1.88. The highest BCUT2D eigenvalue weighted by atomic mass is 16.4. The van der Waals surface area contributed by atoms with Crippen molar-refractivity contribution in [2.75, 3.05) is 11.9 Å². The highest BCUT2D eigenvalue weighted by Crippen LogP contribution is 2.29. The third-order valence-corrected chi connectivity index (χ3v) is 3.96. The summed E-state index contributed by atoms with van der Waals surface area (Å²) >= 11 is 0. The van der Waals surface area contributed by atoms with E-state index in [0.29, 0.717) is 11.9 Å². The Kier molecular flexibility index (Phi) is 4.20. The van der Waals surface area contributed by atoms with Gasteiger partial charge in [-0.2, -0.15) is 0 Å². The van der Waals surface area contributed by atoms with Crippen LogP contribution >= 0.6 is 0 Å². The molecule has 1 aromatic carbocycles. The Balaban J connectivity index is 1.78. The van der Waals surface area contributed by atoms with Crippen LogP contribution in [0.25, 0.3) is 0 Å². The van der Waals surface area contributed by atoms with Crippen LogP contribution < -0.4 is 10.6 Å². The van der Waals surface area contributed by atoms with Crippen LogP contribution in [-0.4, -0.2) is 16.7 Å². The van der Waals surface area contributed by atoms with Crippen LogP contribution in [0.1, 0.15) is 49.7 Å². The van der Waals surface area contributed by atoms with E-state index in [1.165, 1.54) is 24.0 Å². The molecule has 1 unspecified atom stereocenters. The summed E-state index contributed by atoms with van der Waals surface area (Å²) in [4.78, 5) is 0. The second kappa shape index (κ2) is 6.26. The standard InChI is InChI=1S/C16H22N4O/c1-3-17-11(2)15-19-20-16(21-15)18-14-10-6-8-12-7-4-5-9-13(12)14/h6,8,10-11,17H,3-5,7,9H2,1-2H3,(H,18,20). The maximum atomic E-state index is 5.70. The monoisotopic (exact) mass is 286 g/mol. The average molecular weight is 286 g/mol. The van der Waals surface area contributed by atoms with Gasteiger partial charge in [-0.15, -0.1) is 5.10 Å². The Labute approximate surface area is 125 Å². The first-order valence-corrected chi connectivity index (χ1v) is 7.72. The first kappa shape index (κ1) is 14.1. The van der Waals surface area contributed by atoms with E-state index in [9.17, 15) is 0 Å². The topological polar surface area (TPSA) is 63.0 Å². The molecule has 0 aliphatic heterocycles. The number of benzene rings is 1. The number of nitrogens with one attached hydrogen (secondary N) is 2. The largest absolute Gasteiger partial charge is 0.406 e. The van der Waals surface area contributed by atoms with E-state index in [1.54, 1.807) is 0 Å². The maximum Gasteiger partial charge on any atom is 0.320 e. The summed E-state index contributed by atoms with van der Waals surface area (Å²) in [5, 5.41) is 14.7. The smallest absolute Gasteiger partial charge is 0.320 e. The fourth-order valence-corrected chi connectivity index (χ4v) is 2.87. The van der Waals surface area contributed by atoms with Crippen molar-refractivity contribution in [2.45, 2.75) is 45.6 Å². The molecule has 0 spiro atoms. The Morgan fingerprint density at radius 2 is 2.10 bits per heavy atom. The van der Waals surface area contributed by atoms with Gasteiger partial charge in [0.1, 0.15) is 0 Å². The average Bonchev–Trinajstić information content (AvgIpc) is 2.97. The van der Waals surface area contributed by atoms with Crippen molar-refractivity contribution in [3.05, 3.63) is 35.2 Å².